The van der Waals surface area contributed by atoms with E-state index in [1.165, 1.54) is 12.1 Å². The highest BCUT2D eigenvalue weighted by molar-refractivity contribution is 9.09. The molecule has 38 heavy (non-hydrogen) atoms. The van der Waals surface area contributed by atoms with Crippen LogP contribution in [0.3, 0.4) is 0 Å². The Morgan fingerprint density at radius 3 is 2.47 bits per heavy atom. The molecule has 1 spiro atoms. The van der Waals surface area contributed by atoms with Crippen LogP contribution in [0.5, 0.6) is 17.2 Å². The molecule has 1 unspecified atom stereocenters. The van der Waals surface area contributed by atoms with Crippen molar-refractivity contribution in [2.45, 2.75) is 89.0 Å². The maximum Gasteiger partial charge on any atom is 0.253 e. The molecular formula is C30H39BrFNO5. The van der Waals surface area contributed by atoms with Gasteiger partial charge in [-0.05, 0) is 70.5 Å². The van der Waals surface area contributed by atoms with E-state index in [4.69, 9.17) is 18.9 Å². The molecule has 0 aliphatic carbocycles. The van der Waals surface area contributed by atoms with Crippen molar-refractivity contribution in [3.63, 3.8) is 0 Å². The number of amides is 1. The molecule has 0 aromatic heterocycles. The Bertz CT molecular complexity index is 1110. The summed E-state index contributed by atoms with van der Waals surface area (Å²) in [4.78, 5) is 15.7. The average molecular weight is 593 g/mol. The fourth-order valence-electron chi connectivity index (χ4n) is 5.08. The number of hydrogen-bond donors (Lipinski definition) is 0. The molecular weight excluding hydrogens is 553 g/mol. The topological polar surface area (TPSA) is 57.2 Å². The van der Waals surface area contributed by atoms with Gasteiger partial charge in [-0.3, -0.25) is 4.79 Å². The minimum absolute atomic E-state index is 0.00438. The Morgan fingerprint density at radius 2 is 1.82 bits per heavy atom. The van der Waals surface area contributed by atoms with Gasteiger partial charge in [0.2, 0.25) is 0 Å². The molecule has 1 amide bonds. The summed E-state index contributed by atoms with van der Waals surface area (Å²) in [6.07, 6.45) is 2.58. The lowest BCUT2D eigenvalue weighted by Gasteiger charge is -2.47. The third-order valence-electron chi connectivity index (χ3n) is 6.93. The lowest BCUT2D eigenvalue weighted by Crippen LogP contribution is -2.52. The van der Waals surface area contributed by atoms with Crippen molar-refractivity contribution in [1.82, 2.24) is 4.90 Å². The molecule has 4 rings (SSSR count). The molecule has 6 nitrogen and oxygen atoms in total. The third kappa shape index (κ3) is 7.00. The monoisotopic (exact) mass is 591 g/mol. The van der Waals surface area contributed by atoms with Gasteiger partial charge in [0, 0.05) is 48.3 Å². The summed E-state index contributed by atoms with van der Waals surface area (Å²) >= 11 is 3.55. The summed E-state index contributed by atoms with van der Waals surface area (Å²) in [7, 11) is 0. The molecule has 1 saturated heterocycles. The van der Waals surface area contributed by atoms with Gasteiger partial charge >= 0.3 is 0 Å². The van der Waals surface area contributed by atoms with Gasteiger partial charge in [0.15, 0.2) is 11.5 Å². The number of piperidine rings is 1. The number of nitrogens with zero attached hydrogens (tertiary/aromatic N) is 1. The zero-order chi connectivity index (χ0) is 27.4. The van der Waals surface area contributed by atoms with Crippen LogP contribution in [0.15, 0.2) is 36.4 Å². The minimum atomic E-state index is -0.448. The molecule has 2 aromatic carbocycles. The largest absolute Gasteiger partial charge is 0.490 e. The van der Waals surface area contributed by atoms with Crippen LogP contribution in [0.1, 0.15) is 82.3 Å². The summed E-state index contributed by atoms with van der Waals surface area (Å²) < 4.78 is 38.6. The van der Waals surface area contributed by atoms with Gasteiger partial charge in [0.05, 0.1) is 24.9 Å². The second kappa shape index (κ2) is 12.2. The number of rotatable bonds is 9. The zero-order valence-electron chi connectivity index (χ0n) is 23.0. The molecule has 2 heterocycles. The van der Waals surface area contributed by atoms with E-state index in [-0.39, 0.29) is 30.0 Å². The van der Waals surface area contributed by atoms with E-state index < -0.39 is 5.60 Å². The lowest BCUT2D eigenvalue weighted by atomic mass is 9.81. The molecule has 2 aromatic rings. The number of halogens is 2. The molecule has 0 radical (unpaired) electrons. The quantitative estimate of drug-likeness (QED) is 0.291. The highest BCUT2D eigenvalue weighted by atomic mass is 79.9. The summed E-state index contributed by atoms with van der Waals surface area (Å²) in [5.41, 5.74) is 0.884. The molecule has 0 N–H and O–H groups in total. The molecule has 2 atom stereocenters. The lowest BCUT2D eigenvalue weighted by molar-refractivity contribution is -0.0873. The van der Waals surface area contributed by atoms with Crippen molar-refractivity contribution in [3.8, 4) is 17.2 Å². The fraction of sp³-hybridized carbons (Fsp3) is 0.567. The number of carbonyl (C=O) groups is 1. The summed E-state index contributed by atoms with van der Waals surface area (Å²) in [5, 5.41) is 0. The van der Waals surface area contributed by atoms with Gasteiger partial charge in [0.1, 0.15) is 17.2 Å². The molecule has 2 aliphatic rings. The van der Waals surface area contributed by atoms with Crippen molar-refractivity contribution in [1.29, 1.82) is 0 Å². The van der Waals surface area contributed by atoms with Crippen LogP contribution in [0.2, 0.25) is 0 Å². The van der Waals surface area contributed by atoms with Gasteiger partial charge in [-0.15, -0.1) is 0 Å². The summed E-state index contributed by atoms with van der Waals surface area (Å²) in [6.45, 7) is 11.6. The SMILES string of the molecule is CC(Br)CCOc1cc(C(=O)N2CCC3(CC2)C[C@@H](OC(C)C)c2cc(F)ccc2O3)ccc1OC(C)C. The first-order valence-electron chi connectivity index (χ1n) is 13.6. The van der Waals surface area contributed by atoms with Crippen LogP contribution in [0, 0.1) is 5.82 Å². The maximum absolute atomic E-state index is 14.0. The highest BCUT2D eigenvalue weighted by Gasteiger charge is 2.45. The standard InChI is InChI=1S/C30H39BrFNO5/c1-19(2)36-26-8-6-22(16-27(26)35-15-10-21(5)31)29(34)33-13-11-30(12-14-33)18-28(37-20(3)4)24-17-23(32)7-9-25(24)38-30/h6-9,16-17,19-21,28H,10-15,18H2,1-5H3/t21?,28-/m1/s1. The summed E-state index contributed by atoms with van der Waals surface area (Å²) in [5.74, 6) is 1.56. The van der Waals surface area contributed by atoms with Gasteiger partial charge in [-0.1, -0.05) is 22.9 Å². The van der Waals surface area contributed by atoms with Crippen LogP contribution in [0.4, 0.5) is 4.39 Å². The number of fused-ring (bicyclic) bond motifs is 1. The van der Waals surface area contributed by atoms with Crippen molar-refractivity contribution in [2.24, 2.45) is 0 Å². The number of hydrogen-bond acceptors (Lipinski definition) is 5. The number of carbonyl (C=O) groups excluding carboxylic acids is 1. The van der Waals surface area contributed by atoms with E-state index in [0.29, 0.717) is 66.6 Å². The molecule has 0 bridgehead atoms. The smallest absolute Gasteiger partial charge is 0.253 e. The zero-order valence-corrected chi connectivity index (χ0v) is 24.6. The van der Waals surface area contributed by atoms with Gasteiger partial charge in [0.25, 0.3) is 5.91 Å². The predicted octanol–water partition coefficient (Wildman–Crippen LogP) is 7.09. The average Bonchev–Trinajstić information content (AvgIpc) is 2.85. The van der Waals surface area contributed by atoms with Gasteiger partial charge < -0.3 is 23.8 Å². The third-order valence-corrected chi connectivity index (χ3v) is 7.39. The first-order chi connectivity index (χ1) is 18.0. The van der Waals surface area contributed by atoms with Crippen molar-refractivity contribution in [2.75, 3.05) is 19.7 Å². The first kappa shape index (κ1) is 28.7. The molecule has 2 aliphatic heterocycles. The van der Waals surface area contributed by atoms with Crippen molar-refractivity contribution >= 4 is 21.8 Å². The van der Waals surface area contributed by atoms with E-state index in [1.807, 2.05) is 38.7 Å². The Balaban J connectivity index is 1.47. The molecule has 0 saturated carbocycles. The van der Waals surface area contributed by atoms with E-state index in [1.54, 1.807) is 18.2 Å². The maximum atomic E-state index is 14.0. The van der Waals surface area contributed by atoms with E-state index in [9.17, 15) is 9.18 Å². The Labute approximate surface area is 233 Å². The number of benzene rings is 2. The molecule has 8 heteroatoms. The Kier molecular flexibility index (Phi) is 9.24. The van der Waals surface area contributed by atoms with E-state index in [2.05, 4.69) is 22.9 Å². The highest BCUT2D eigenvalue weighted by Crippen LogP contribution is 2.46. The first-order valence-corrected chi connectivity index (χ1v) is 14.5. The van der Waals surface area contributed by atoms with Gasteiger partial charge in [-0.2, -0.15) is 0 Å². The molecule has 1 fully saturated rings. The van der Waals surface area contributed by atoms with Crippen LogP contribution in [0.25, 0.3) is 0 Å². The van der Waals surface area contributed by atoms with Gasteiger partial charge in [-0.25, -0.2) is 4.39 Å². The van der Waals surface area contributed by atoms with E-state index >= 15 is 0 Å². The fourth-order valence-corrected chi connectivity index (χ4v) is 5.27. The van der Waals surface area contributed by atoms with E-state index in [0.717, 1.165) is 12.0 Å². The van der Waals surface area contributed by atoms with Crippen LogP contribution < -0.4 is 14.2 Å². The number of likely N-dealkylation sites (tertiary alicyclic amines) is 1. The Morgan fingerprint density at radius 1 is 1.08 bits per heavy atom. The predicted molar refractivity (Wildman–Crippen MR) is 149 cm³/mol. The second-order valence-electron chi connectivity index (χ2n) is 10.9. The minimum Gasteiger partial charge on any atom is -0.490 e. The van der Waals surface area contributed by atoms with Crippen LogP contribution in [-0.2, 0) is 4.74 Å². The second-order valence-corrected chi connectivity index (χ2v) is 12.4. The Hall–Kier alpha value is -2.32. The van der Waals surface area contributed by atoms with Crippen LogP contribution >= 0.6 is 15.9 Å². The van der Waals surface area contributed by atoms with Crippen molar-refractivity contribution in [3.05, 3.63) is 53.3 Å². The van der Waals surface area contributed by atoms with Crippen molar-refractivity contribution < 1.29 is 28.1 Å². The number of ether oxygens (including phenoxy) is 4. The van der Waals surface area contributed by atoms with Crippen LogP contribution in [-0.4, -0.2) is 53.1 Å². The normalized spacial score (nSPS) is 19.3. The number of alkyl halides is 1. The summed E-state index contributed by atoms with van der Waals surface area (Å²) in [6, 6.07) is 10.0. The molecule has 208 valence electrons.